The molecule has 2 N–H and O–H groups in total. The third-order valence-corrected chi connectivity index (χ3v) is 4.77. The highest BCUT2D eigenvalue weighted by Crippen LogP contribution is 2.26. The second-order valence-electron chi connectivity index (χ2n) is 5.00. The fourth-order valence-electron chi connectivity index (χ4n) is 2.17. The van der Waals surface area contributed by atoms with Gasteiger partial charge in [0.1, 0.15) is 0 Å². The summed E-state index contributed by atoms with van der Waals surface area (Å²) in [7, 11) is 1.84. The molecule has 0 spiro atoms. The Morgan fingerprint density at radius 3 is 2.68 bits per heavy atom. The zero-order valence-corrected chi connectivity index (χ0v) is 13.6. The van der Waals surface area contributed by atoms with Crippen LogP contribution in [-0.4, -0.2) is 32.4 Å². The maximum Gasteiger partial charge on any atom is 0.234 e. The number of hydrogen-bond donors (Lipinski definition) is 2. The maximum atomic E-state index is 12.5. The van der Waals surface area contributed by atoms with Gasteiger partial charge in [-0.1, -0.05) is 25.1 Å². The summed E-state index contributed by atoms with van der Waals surface area (Å²) in [5, 5.41) is 12.3. The zero-order chi connectivity index (χ0) is 15.9. The Hall–Kier alpha value is -1.79. The normalized spacial score (nSPS) is 13.6. The van der Waals surface area contributed by atoms with Crippen molar-refractivity contribution in [1.82, 2.24) is 14.9 Å². The topological polar surface area (TPSA) is 67.2 Å². The number of thioether (sulfide) groups is 1. The summed E-state index contributed by atoms with van der Waals surface area (Å²) in [6, 6.07) is 9.41. The molecule has 118 valence electrons. The van der Waals surface area contributed by atoms with Crippen molar-refractivity contribution in [3.63, 3.8) is 0 Å². The summed E-state index contributed by atoms with van der Waals surface area (Å²) in [5.74, 6) is -0.0726. The van der Waals surface area contributed by atoms with Gasteiger partial charge in [-0.25, -0.2) is 4.98 Å². The molecule has 22 heavy (non-hydrogen) atoms. The van der Waals surface area contributed by atoms with Crippen LogP contribution in [-0.2, 0) is 11.8 Å². The molecule has 2 atom stereocenters. The minimum absolute atomic E-state index is 0.0726. The number of amides is 1. The number of imidazole rings is 1. The molecule has 6 heteroatoms. The van der Waals surface area contributed by atoms with E-state index >= 15 is 0 Å². The van der Waals surface area contributed by atoms with Crippen molar-refractivity contribution in [3.05, 3.63) is 48.5 Å². The molecule has 1 heterocycles. The number of rotatable bonds is 7. The Morgan fingerprint density at radius 2 is 2.14 bits per heavy atom. The monoisotopic (exact) mass is 319 g/mol. The number of benzene rings is 1. The van der Waals surface area contributed by atoms with Gasteiger partial charge in [0.05, 0.1) is 36.1 Å². The molecule has 0 aliphatic heterocycles. The van der Waals surface area contributed by atoms with E-state index in [1.54, 1.807) is 17.1 Å². The third-order valence-electron chi connectivity index (χ3n) is 3.39. The number of aromatic nitrogens is 2. The Labute approximate surface area is 134 Å². The Kier molecular flexibility index (Phi) is 6.03. The van der Waals surface area contributed by atoms with Crippen LogP contribution in [0.3, 0.4) is 0 Å². The van der Waals surface area contributed by atoms with E-state index in [-0.39, 0.29) is 17.8 Å². The standard InChI is InChI=1S/C16H21N3O2S/c1-3-15(22-12-7-5-4-6-8-12)16(21)18-13(10-20)14-9-17-11-19(14)2/h4-9,11,13,15,20H,3,10H2,1-2H3,(H,18,21). The molecule has 0 radical (unpaired) electrons. The average Bonchev–Trinajstić information content (AvgIpc) is 2.97. The number of aryl methyl sites for hydroxylation is 1. The van der Waals surface area contributed by atoms with Crippen LogP contribution in [0, 0.1) is 0 Å². The quantitative estimate of drug-likeness (QED) is 0.767. The van der Waals surface area contributed by atoms with Gasteiger partial charge in [-0.05, 0) is 18.6 Å². The first-order valence-electron chi connectivity index (χ1n) is 7.24. The predicted molar refractivity (Wildman–Crippen MR) is 87.6 cm³/mol. The average molecular weight is 319 g/mol. The smallest absolute Gasteiger partial charge is 0.234 e. The van der Waals surface area contributed by atoms with E-state index in [1.807, 2.05) is 44.3 Å². The van der Waals surface area contributed by atoms with Crippen molar-refractivity contribution in [1.29, 1.82) is 0 Å². The molecule has 5 nitrogen and oxygen atoms in total. The molecule has 0 saturated heterocycles. The van der Waals surface area contributed by atoms with E-state index in [0.29, 0.717) is 0 Å². The molecule has 0 saturated carbocycles. The number of aliphatic hydroxyl groups is 1. The second kappa shape index (κ2) is 8.00. The van der Waals surface area contributed by atoms with Gasteiger partial charge in [0.25, 0.3) is 0 Å². The minimum atomic E-state index is -0.439. The van der Waals surface area contributed by atoms with Gasteiger partial charge < -0.3 is 15.0 Å². The number of nitrogens with zero attached hydrogens (tertiary/aromatic N) is 2. The first-order chi connectivity index (χ1) is 10.7. The van der Waals surface area contributed by atoms with Crippen LogP contribution in [0.15, 0.2) is 47.8 Å². The van der Waals surface area contributed by atoms with E-state index in [1.165, 1.54) is 11.8 Å². The summed E-state index contributed by atoms with van der Waals surface area (Å²) >= 11 is 1.53. The van der Waals surface area contributed by atoms with E-state index in [0.717, 1.165) is 17.0 Å². The highest BCUT2D eigenvalue weighted by atomic mass is 32.2. The molecule has 1 aromatic heterocycles. The number of nitrogens with one attached hydrogen (secondary N) is 1. The molecule has 0 bridgehead atoms. The van der Waals surface area contributed by atoms with Gasteiger partial charge in [0.2, 0.25) is 5.91 Å². The van der Waals surface area contributed by atoms with Gasteiger partial charge in [0, 0.05) is 11.9 Å². The number of aliphatic hydroxyl groups excluding tert-OH is 1. The lowest BCUT2D eigenvalue weighted by atomic mass is 10.2. The van der Waals surface area contributed by atoms with Crippen molar-refractivity contribution < 1.29 is 9.90 Å². The molecule has 0 aliphatic carbocycles. The number of hydrogen-bond acceptors (Lipinski definition) is 4. The Morgan fingerprint density at radius 1 is 1.41 bits per heavy atom. The van der Waals surface area contributed by atoms with E-state index < -0.39 is 6.04 Å². The molecular weight excluding hydrogens is 298 g/mol. The predicted octanol–water partition coefficient (Wildman–Crippen LogP) is 2.14. The highest BCUT2D eigenvalue weighted by Gasteiger charge is 2.23. The summed E-state index contributed by atoms with van der Waals surface area (Å²) in [6.45, 7) is 1.83. The lowest BCUT2D eigenvalue weighted by Gasteiger charge is -2.20. The van der Waals surface area contributed by atoms with Crippen molar-refractivity contribution in [2.45, 2.75) is 29.5 Å². The van der Waals surface area contributed by atoms with E-state index in [2.05, 4.69) is 10.3 Å². The van der Waals surface area contributed by atoms with Crippen LogP contribution < -0.4 is 5.32 Å². The molecule has 2 aromatic rings. The molecule has 2 unspecified atom stereocenters. The Bertz CT molecular complexity index is 600. The summed E-state index contributed by atoms with van der Waals surface area (Å²) < 4.78 is 1.80. The van der Waals surface area contributed by atoms with Crippen molar-refractivity contribution >= 4 is 17.7 Å². The largest absolute Gasteiger partial charge is 0.394 e. The van der Waals surface area contributed by atoms with Gasteiger partial charge in [0.15, 0.2) is 0 Å². The van der Waals surface area contributed by atoms with Crippen LogP contribution >= 0.6 is 11.8 Å². The van der Waals surface area contributed by atoms with Gasteiger partial charge >= 0.3 is 0 Å². The second-order valence-corrected chi connectivity index (χ2v) is 6.28. The first-order valence-corrected chi connectivity index (χ1v) is 8.12. The van der Waals surface area contributed by atoms with Gasteiger partial charge in [-0.2, -0.15) is 0 Å². The third kappa shape index (κ3) is 4.11. The maximum absolute atomic E-state index is 12.5. The fourth-order valence-corrected chi connectivity index (χ4v) is 3.15. The van der Waals surface area contributed by atoms with Crippen molar-refractivity contribution in [2.75, 3.05) is 6.61 Å². The summed E-state index contributed by atoms with van der Waals surface area (Å²) in [6.07, 6.45) is 4.03. The van der Waals surface area contributed by atoms with Crippen LogP contribution in [0.2, 0.25) is 0 Å². The number of carbonyl (C=O) groups excluding carboxylic acids is 1. The van der Waals surface area contributed by atoms with E-state index in [4.69, 9.17) is 0 Å². The summed E-state index contributed by atoms with van der Waals surface area (Å²) in [4.78, 5) is 17.6. The summed E-state index contributed by atoms with van der Waals surface area (Å²) in [5.41, 5.74) is 0.787. The molecule has 1 amide bonds. The van der Waals surface area contributed by atoms with Crippen molar-refractivity contribution in [2.24, 2.45) is 7.05 Å². The van der Waals surface area contributed by atoms with Crippen LogP contribution in [0.25, 0.3) is 0 Å². The van der Waals surface area contributed by atoms with Gasteiger partial charge in [-0.15, -0.1) is 11.8 Å². The number of carbonyl (C=O) groups is 1. The highest BCUT2D eigenvalue weighted by molar-refractivity contribution is 8.00. The fraction of sp³-hybridized carbons (Fsp3) is 0.375. The van der Waals surface area contributed by atoms with Crippen molar-refractivity contribution in [3.8, 4) is 0 Å². The Balaban J connectivity index is 2.03. The van der Waals surface area contributed by atoms with E-state index in [9.17, 15) is 9.90 Å². The minimum Gasteiger partial charge on any atom is -0.394 e. The SMILES string of the molecule is CCC(Sc1ccccc1)C(=O)NC(CO)c1cncn1C. The molecule has 0 fully saturated rings. The van der Waals surface area contributed by atoms with Gasteiger partial charge in [-0.3, -0.25) is 4.79 Å². The molecular formula is C16H21N3O2S. The zero-order valence-electron chi connectivity index (χ0n) is 12.8. The lowest BCUT2D eigenvalue weighted by molar-refractivity contribution is -0.121. The van der Waals surface area contributed by atoms with Crippen LogP contribution in [0.1, 0.15) is 25.1 Å². The molecule has 1 aromatic carbocycles. The first kappa shape index (κ1) is 16.6. The van der Waals surface area contributed by atoms with Crippen LogP contribution in [0.5, 0.6) is 0 Å². The van der Waals surface area contributed by atoms with Crippen LogP contribution in [0.4, 0.5) is 0 Å². The molecule has 2 rings (SSSR count). The lowest BCUT2D eigenvalue weighted by Crippen LogP contribution is -2.37. The molecule has 0 aliphatic rings.